The van der Waals surface area contributed by atoms with Crippen LogP contribution >= 0.6 is 0 Å². The summed E-state index contributed by atoms with van der Waals surface area (Å²) >= 11 is 0. The van der Waals surface area contributed by atoms with Gasteiger partial charge < -0.3 is 14.7 Å². The van der Waals surface area contributed by atoms with Crippen LogP contribution in [0.15, 0.2) is 52.2 Å². The third-order valence-electron chi connectivity index (χ3n) is 4.96. The number of benzene rings is 1. The highest BCUT2D eigenvalue weighted by atomic mass is 16.3. The summed E-state index contributed by atoms with van der Waals surface area (Å²) in [5.74, 6) is 0.652. The lowest BCUT2D eigenvalue weighted by Crippen LogP contribution is -2.29. The zero-order chi connectivity index (χ0) is 18.6. The van der Waals surface area contributed by atoms with Crippen molar-refractivity contribution in [3.63, 3.8) is 0 Å². The van der Waals surface area contributed by atoms with Crippen LogP contribution in [0.2, 0.25) is 0 Å². The van der Waals surface area contributed by atoms with Crippen molar-refractivity contribution in [1.82, 2.24) is 20.3 Å². The third kappa shape index (κ3) is 3.81. The Kier molecular flexibility index (Phi) is 4.82. The fourth-order valence-corrected chi connectivity index (χ4v) is 3.43. The number of H-pyrrole nitrogens is 1. The number of oxazole rings is 1. The summed E-state index contributed by atoms with van der Waals surface area (Å²) in [6, 6.07) is 9.65. The molecule has 1 aromatic carbocycles. The van der Waals surface area contributed by atoms with Crippen LogP contribution in [0.4, 0.5) is 0 Å². The summed E-state index contributed by atoms with van der Waals surface area (Å²) < 4.78 is 4.83. The summed E-state index contributed by atoms with van der Waals surface area (Å²) in [5.41, 5.74) is 2.74. The second-order valence-corrected chi connectivity index (χ2v) is 6.73. The van der Waals surface area contributed by atoms with Crippen molar-refractivity contribution in [1.29, 1.82) is 0 Å². The molecule has 2 heterocycles. The number of aromatic amines is 1. The Bertz CT molecular complexity index is 980. The van der Waals surface area contributed by atoms with Crippen molar-refractivity contribution < 1.29 is 9.21 Å². The first-order valence-electron chi connectivity index (χ1n) is 9.04. The molecule has 7 heteroatoms. The van der Waals surface area contributed by atoms with Gasteiger partial charge in [-0.3, -0.25) is 9.59 Å². The Morgan fingerprint density at radius 3 is 2.81 bits per heavy atom. The first-order valence-corrected chi connectivity index (χ1v) is 9.04. The molecule has 1 amide bonds. The minimum absolute atomic E-state index is 0.0638. The van der Waals surface area contributed by atoms with Gasteiger partial charge in [0.15, 0.2) is 12.1 Å². The third-order valence-corrected chi connectivity index (χ3v) is 4.96. The predicted octanol–water partition coefficient (Wildman–Crippen LogP) is 2.35. The van der Waals surface area contributed by atoms with Gasteiger partial charge in [0.25, 0.3) is 11.5 Å². The van der Waals surface area contributed by atoms with Gasteiger partial charge >= 0.3 is 0 Å². The molecule has 0 radical (unpaired) electrons. The molecule has 7 nitrogen and oxygen atoms in total. The molecule has 0 spiro atoms. The average Bonchev–Trinajstić information content (AvgIpc) is 3.15. The monoisotopic (exact) mass is 364 g/mol. The summed E-state index contributed by atoms with van der Waals surface area (Å²) in [6.45, 7) is 0.545. The van der Waals surface area contributed by atoms with Crippen LogP contribution in [0.1, 0.15) is 34.6 Å². The quantitative estimate of drug-likeness (QED) is 0.692. The largest absolute Gasteiger partial charge is 0.451 e. The second-order valence-electron chi connectivity index (χ2n) is 6.73. The number of hydrogen-bond acceptors (Lipinski definition) is 5. The molecule has 1 unspecified atom stereocenters. The average molecular weight is 364 g/mol. The van der Waals surface area contributed by atoms with Gasteiger partial charge in [-0.1, -0.05) is 30.3 Å². The van der Waals surface area contributed by atoms with Gasteiger partial charge in [-0.05, 0) is 31.6 Å². The molecule has 0 saturated carbocycles. The first-order chi connectivity index (χ1) is 13.2. The van der Waals surface area contributed by atoms with Crippen molar-refractivity contribution in [2.75, 3.05) is 6.54 Å². The van der Waals surface area contributed by atoms with E-state index in [-0.39, 0.29) is 23.1 Å². The number of nitrogens with zero attached hydrogens (tertiary/aromatic N) is 2. The lowest BCUT2D eigenvalue weighted by atomic mass is 10.00. The second kappa shape index (κ2) is 7.57. The number of aryl methyl sites for hydroxylation is 1. The summed E-state index contributed by atoms with van der Waals surface area (Å²) in [6.07, 6.45) is 5.66. The van der Waals surface area contributed by atoms with Gasteiger partial charge in [-0.2, -0.15) is 0 Å². The molecule has 0 saturated heterocycles. The molecule has 1 atom stereocenters. The van der Waals surface area contributed by atoms with Crippen molar-refractivity contribution in [3.8, 4) is 11.4 Å². The normalized spacial score (nSPS) is 16.4. The van der Waals surface area contributed by atoms with Crippen molar-refractivity contribution in [2.45, 2.75) is 25.7 Å². The van der Waals surface area contributed by atoms with E-state index in [2.05, 4.69) is 15.3 Å². The molecular weight excluding hydrogens is 344 g/mol. The molecule has 2 N–H and O–H groups in total. The SMILES string of the molecule is O=C(NCC1CCc2nc(-c3ccccc3)[nH]c(=O)c2CC1)c1cocn1. The maximum Gasteiger partial charge on any atom is 0.273 e. The number of hydrogen-bond donors (Lipinski definition) is 2. The molecule has 0 aliphatic heterocycles. The fourth-order valence-electron chi connectivity index (χ4n) is 3.43. The molecule has 4 rings (SSSR count). The molecule has 2 aromatic heterocycles. The van der Waals surface area contributed by atoms with Crippen LogP contribution in [0.3, 0.4) is 0 Å². The Hall–Kier alpha value is -3.22. The Morgan fingerprint density at radius 2 is 2.04 bits per heavy atom. The van der Waals surface area contributed by atoms with E-state index in [0.29, 0.717) is 18.8 Å². The highest BCUT2D eigenvalue weighted by Gasteiger charge is 2.21. The van der Waals surface area contributed by atoms with Crippen LogP contribution < -0.4 is 10.9 Å². The molecule has 0 bridgehead atoms. The molecule has 0 fully saturated rings. The minimum Gasteiger partial charge on any atom is -0.451 e. The van der Waals surface area contributed by atoms with Crippen LogP contribution in [0.25, 0.3) is 11.4 Å². The van der Waals surface area contributed by atoms with Gasteiger partial charge in [0.05, 0.1) is 5.69 Å². The standard InChI is InChI=1S/C20H20N4O3/c25-19-15-8-6-13(10-21-20(26)17-11-27-12-22-17)7-9-16(15)23-18(24-19)14-4-2-1-3-5-14/h1-5,11-13H,6-10H2,(H,21,26)(H,23,24,25). The van der Waals surface area contributed by atoms with Crippen molar-refractivity contribution in [2.24, 2.45) is 5.92 Å². The molecule has 27 heavy (non-hydrogen) atoms. The number of amides is 1. The number of aromatic nitrogens is 3. The summed E-state index contributed by atoms with van der Waals surface area (Å²) in [7, 11) is 0. The minimum atomic E-state index is -0.243. The Labute approximate surface area is 155 Å². The van der Waals surface area contributed by atoms with Gasteiger partial charge in [0, 0.05) is 17.7 Å². The zero-order valence-corrected chi connectivity index (χ0v) is 14.8. The lowest BCUT2D eigenvalue weighted by molar-refractivity contribution is 0.0941. The molecular formula is C20H20N4O3. The maximum atomic E-state index is 12.6. The van der Waals surface area contributed by atoms with Crippen molar-refractivity contribution >= 4 is 5.91 Å². The van der Waals surface area contributed by atoms with Gasteiger partial charge in [0.1, 0.15) is 12.1 Å². The van der Waals surface area contributed by atoms with E-state index < -0.39 is 0 Å². The van der Waals surface area contributed by atoms with E-state index >= 15 is 0 Å². The number of nitrogens with one attached hydrogen (secondary N) is 2. The van der Waals surface area contributed by atoms with E-state index in [4.69, 9.17) is 9.40 Å². The van der Waals surface area contributed by atoms with Gasteiger partial charge in [-0.25, -0.2) is 9.97 Å². The van der Waals surface area contributed by atoms with E-state index in [9.17, 15) is 9.59 Å². The molecule has 138 valence electrons. The first kappa shape index (κ1) is 17.2. The van der Waals surface area contributed by atoms with E-state index in [1.165, 1.54) is 12.7 Å². The Morgan fingerprint density at radius 1 is 1.22 bits per heavy atom. The number of rotatable bonds is 4. The van der Waals surface area contributed by atoms with Crippen LogP contribution in [0, 0.1) is 5.92 Å². The predicted molar refractivity (Wildman–Crippen MR) is 99.3 cm³/mol. The van der Waals surface area contributed by atoms with Crippen LogP contribution in [0.5, 0.6) is 0 Å². The lowest BCUT2D eigenvalue weighted by Gasteiger charge is -2.13. The molecule has 1 aliphatic rings. The van der Waals surface area contributed by atoms with Gasteiger partial charge in [-0.15, -0.1) is 0 Å². The van der Waals surface area contributed by atoms with Crippen LogP contribution in [-0.4, -0.2) is 27.4 Å². The molecule has 3 aromatic rings. The number of carbonyl (C=O) groups is 1. The highest BCUT2D eigenvalue weighted by molar-refractivity contribution is 5.91. The molecule has 1 aliphatic carbocycles. The van der Waals surface area contributed by atoms with Gasteiger partial charge in [0.2, 0.25) is 0 Å². The topological polar surface area (TPSA) is 101 Å². The van der Waals surface area contributed by atoms with E-state index in [1.54, 1.807) is 0 Å². The smallest absolute Gasteiger partial charge is 0.273 e. The zero-order valence-electron chi connectivity index (χ0n) is 14.8. The van der Waals surface area contributed by atoms with Crippen LogP contribution in [-0.2, 0) is 12.8 Å². The summed E-state index contributed by atoms with van der Waals surface area (Å²) in [4.78, 5) is 36.0. The van der Waals surface area contributed by atoms with Crippen molar-refractivity contribution in [3.05, 3.63) is 70.3 Å². The number of fused-ring (bicyclic) bond motifs is 1. The fraction of sp³-hybridized carbons (Fsp3) is 0.300. The maximum absolute atomic E-state index is 12.6. The summed E-state index contributed by atoms with van der Waals surface area (Å²) in [5, 5.41) is 2.89. The Balaban J connectivity index is 1.46. The highest BCUT2D eigenvalue weighted by Crippen LogP contribution is 2.23. The number of carbonyl (C=O) groups excluding carboxylic acids is 1. The van der Waals surface area contributed by atoms with E-state index in [1.807, 2.05) is 30.3 Å². The van der Waals surface area contributed by atoms with E-state index in [0.717, 1.165) is 36.1 Å².